The van der Waals surface area contributed by atoms with Crippen LogP contribution in [0.4, 0.5) is 0 Å². The normalized spacial score (nSPS) is 25.9. The molecule has 3 saturated heterocycles. The van der Waals surface area contributed by atoms with Crippen molar-refractivity contribution in [2.45, 2.75) is 76.2 Å². The number of benzene rings is 2. The first-order chi connectivity index (χ1) is 16.2. The Kier molecular flexibility index (Phi) is 6.70. The molecule has 1 N–H and O–H groups in total. The lowest BCUT2D eigenvalue weighted by atomic mass is 9.89. The maximum absolute atomic E-state index is 13.0. The SMILES string of the molecule is CCCC1C2CCC(N2)N1C(c1ccc(C(=O)N2CCCCC2)cc1)c1cccc(OC)c1. The molecule has 176 valence electrons. The molecule has 3 aliphatic heterocycles. The molecule has 3 aliphatic rings. The summed E-state index contributed by atoms with van der Waals surface area (Å²) in [6.45, 7) is 4.05. The third kappa shape index (κ3) is 4.41. The Morgan fingerprint density at radius 3 is 2.58 bits per heavy atom. The van der Waals surface area contributed by atoms with Gasteiger partial charge in [0.2, 0.25) is 0 Å². The van der Waals surface area contributed by atoms with Crippen LogP contribution in [0, 0.1) is 0 Å². The van der Waals surface area contributed by atoms with Crippen molar-refractivity contribution >= 4 is 5.91 Å². The van der Waals surface area contributed by atoms with Crippen molar-refractivity contribution < 1.29 is 9.53 Å². The van der Waals surface area contributed by atoms with E-state index in [1.54, 1.807) is 7.11 Å². The average Bonchev–Trinajstić information content (AvgIpc) is 3.48. The van der Waals surface area contributed by atoms with E-state index in [9.17, 15) is 4.79 Å². The monoisotopic (exact) mass is 447 g/mol. The van der Waals surface area contributed by atoms with E-state index in [4.69, 9.17) is 4.74 Å². The Bertz CT molecular complexity index is 954. The second kappa shape index (κ2) is 9.86. The van der Waals surface area contributed by atoms with Gasteiger partial charge in [0, 0.05) is 30.7 Å². The Morgan fingerprint density at radius 1 is 1.06 bits per heavy atom. The van der Waals surface area contributed by atoms with E-state index in [0.717, 1.165) is 37.2 Å². The van der Waals surface area contributed by atoms with E-state index >= 15 is 0 Å². The summed E-state index contributed by atoms with van der Waals surface area (Å²) >= 11 is 0. The second-order valence-corrected chi connectivity index (χ2v) is 9.82. The Labute approximate surface area is 198 Å². The van der Waals surface area contributed by atoms with Gasteiger partial charge < -0.3 is 9.64 Å². The third-order valence-electron chi connectivity index (χ3n) is 7.77. The fourth-order valence-corrected chi connectivity index (χ4v) is 6.18. The minimum Gasteiger partial charge on any atom is -0.497 e. The highest BCUT2D eigenvalue weighted by atomic mass is 16.5. The number of carbonyl (C=O) groups excluding carboxylic acids is 1. The van der Waals surface area contributed by atoms with Crippen molar-refractivity contribution in [3.8, 4) is 5.75 Å². The highest BCUT2D eigenvalue weighted by Gasteiger charge is 2.48. The van der Waals surface area contributed by atoms with Gasteiger partial charge in [-0.15, -0.1) is 0 Å². The van der Waals surface area contributed by atoms with Crippen LogP contribution in [-0.2, 0) is 0 Å². The van der Waals surface area contributed by atoms with Crippen molar-refractivity contribution in [3.63, 3.8) is 0 Å². The predicted molar refractivity (Wildman–Crippen MR) is 132 cm³/mol. The van der Waals surface area contributed by atoms with Gasteiger partial charge in [-0.3, -0.25) is 15.0 Å². The van der Waals surface area contributed by atoms with Gasteiger partial charge in [-0.2, -0.15) is 0 Å². The molecule has 0 spiro atoms. The number of rotatable bonds is 7. The molecular formula is C28H37N3O2. The van der Waals surface area contributed by atoms with Gasteiger partial charge in [0.15, 0.2) is 0 Å². The quantitative estimate of drug-likeness (QED) is 0.651. The van der Waals surface area contributed by atoms with Crippen LogP contribution in [-0.4, -0.2) is 54.2 Å². The molecule has 1 amide bonds. The number of ether oxygens (including phenoxy) is 1. The summed E-state index contributed by atoms with van der Waals surface area (Å²) in [6.07, 6.45) is 8.70. The van der Waals surface area contributed by atoms with E-state index in [0.29, 0.717) is 18.2 Å². The lowest BCUT2D eigenvalue weighted by Crippen LogP contribution is -2.45. The molecule has 5 rings (SSSR count). The first-order valence-electron chi connectivity index (χ1n) is 12.8. The summed E-state index contributed by atoms with van der Waals surface area (Å²) in [5, 5.41) is 3.87. The molecule has 0 saturated carbocycles. The molecule has 2 aromatic carbocycles. The number of methoxy groups -OCH3 is 1. The molecule has 0 radical (unpaired) electrons. The fraction of sp³-hybridized carbons (Fsp3) is 0.536. The molecule has 2 bridgehead atoms. The zero-order valence-corrected chi connectivity index (χ0v) is 20.0. The predicted octanol–water partition coefficient (Wildman–Crippen LogP) is 4.97. The first kappa shape index (κ1) is 22.4. The number of likely N-dealkylation sites (tertiary alicyclic amines) is 2. The highest BCUT2D eigenvalue weighted by molar-refractivity contribution is 5.94. The van der Waals surface area contributed by atoms with Crippen LogP contribution in [0.25, 0.3) is 0 Å². The van der Waals surface area contributed by atoms with Crippen molar-refractivity contribution in [1.29, 1.82) is 0 Å². The van der Waals surface area contributed by atoms with Crippen LogP contribution in [0.3, 0.4) is 0 Å². The van der Waals surface area contributed by atoms with Gasteiger partial charge in [-0.05, 0) is 73.9 Å². The summed E-state index contributed by atoms with van der Waals surface area (Å²) in [6, 6.07) is 18.2. The Balaban J connectivity index is 1.48. The number of carbonyl (C=O) groups is 1. The molecule has 4 atom stereocenters. The molecular weight excluding hydrogens is 410 g/mol. The topological polar surface area (TPSA) is 44.8 Å². The van der Waals surface area contributed by atoms with Crippen LogP contribution >= 0.6 is 0 Å². The number of hydrogen-bond acceptors (Lipinski definition) is 4. The molecule has 33 heavy (non-hydrogen) atoms. The summed E-state index contributed by atoms with van der Waals surface area (Å²) < 4.78 is 5.57. The number of nitrogens with one attached hydrogen (secondary N) is 1. The number of amides is 1. The molecule has 5 heteroatoms. The van der Waals surface area contributed by atoms with E-state index in [1.165, 1.54) is 43.2 Å². The molecule has 5 nitrogen and oxygen atoms in total. The van der Waals surface area contributed by atoms with Crippen molar-refractivity contribution in [1.82, 2.24) is 15.1 Å². The summed E-state index contributed by atoms with van der Waals surface area (Å²) in [4.78, 5) is 17.7. The van der Waals surface area contributed by atoms with Gasteiger partial charge in [0.25, 0.3) is 5.91 Å². The third-order valence-corrected chi connectivity index (χ3v) is 7.77. The Morgan fingerprint density at radius 2 is 1.85 bits per heavy atom. The molecule has 2 aromatic rings. The van der Waals surface area contributed by atoms with Gasteiger partial charge in [0.1, 0.15) is 5.75 Å². The maximum atomic E-state index is 13.0. The Hall–Kier alpha value is -2.37. The minimum absolute atomic E-state index is 0.138. The molecule has 4 unspecified atom stereocenters. The van der Waals surface area contributed by atoms with Gasteiger partial charge in [0.05, 0.1) is 19.3 Å². The first-order valence-corrected chi connectivity index (χ1v) is 12.8. The standard InChI is InChI=1S/C28H37N3O2/c1-3-8-25-24-15-16-26(29-24)31(25)27(22-9-7-10-23(19-22)33-2)20-11-13-21(14-12-20)28(32)30-17-5-4-6-18-30/h7,9-14,19,24-27,29H,3-6,8,15-18H2,1-2H3. The van der Waals surface area contributed by atoms with E-state index in [-0.39, 0.29) is 11.9 Å². The van der Waals surface area contributed by atoms with Crippen molar-refractivity contribution in [2.75, 3.05) is 20.2 Å². The molecule has 3 fully saturated rings. The summed E-state index contributed by atoms with van der Waals surface area (Å²) in [5.41, 5.74) is 3.30. The van der Waals surface area contributed by atoms with Crippen LogP contribution in [0.2, 0.25) is 0 Å². The number of fused-ring (bicyclic) bond motifs is 2. The van der Waals surface area contributed by atoms with Gasteiger partial charge in [-0.25, -0.2) is 0 Å². The lowest BCUT2D eigenvalue weighted by molar-refractivity contribution is 0.0724. The number of piperidine rings is 2. The number of nitrogens with zero attached hydrogens (tertiary/aromatic N) is 2. The van der Waals surface area contributed by atoms with E-state index in [1.807, 2.05) is 23.1 Å². The fourth-order valence-electron chi connectivity index (χ4n) is 6.18. The van der Waals surface area contributed by atoms with Crippen molar-refractivity contribution in [3.05, 3.63) is 65.2 Å². The zero-order valence-electron chi connectivity index (χ0n) is 20.0. The highest BCUT2D eigenvalue weighted by Crippen LogP contribution is 2.42. The largest absolute Gasteiger partial charge is 0.497 e. The molecule has 0 aromatic heterocycles. The van der Waals surface area contributed by atoms with Crippen LogP contribution < -0.4 is 10.1 Å². The second-order valence-electron chi connectivity index (χ2n) is 9.82. The van der Waals surface area contributed by atoms with E-state index in [2.05, 4.69) is 47.5 Å². The van der Waals surface area contributed by atoms with Gasteiger partial charge >= 0.3 is 0 Å². The average molecular weight is 448 g/mol. The van der Waals surface area contributed by atoms with Crippen LogP contribution in [0.5, 0.6) is 5.75 Å². The smallest absolute Gasteiger partial charge is 0.253 e. The maximum Gasteiger partial charge on any atom is 0.253 e. The van der Waals surface area contributed by atoms with E-state index < -0.39 is 0 Å². The molecule has 3 heterocycles. The molecule has 0 aliphatic carbocycles. The van der Waals surface area contributed by atoms with Crippen molar-refractivity contribution in [2.24, 2.45) is 0 Å². The minimum atomic E-state index is 0.138. The van der Waals surface area contributed by atoms with Crippen LogP contribution in [0.15, 0.2) is 48.5 Å². The van der Waals surface area contributed by atoms with Gasteiger partial charge in [-0.1, -0.05) is 37.6 Å². The summed E-state index contributed by atoms with van der Waals surface area (Å²) in [5.74, 6) is 1.06. The lowest BCUT2D eigenvalue weighted by Gasteiger charge is -2.40. The number of hydrogen-bond donors (Lipinski definition) is 1. The zero-order chi connectivity index (χ0) is 22.8. The van der Waals surface area contributed by atoms with Crippen LogP contribution in [0.1, 0.15) is 79.4 Å². The summed E-state index contributed by atoms with van der Waals surface area (Å²) in [7, 11) is 1.73.